The van der Waals surface area contributed by atoms with Crippen LogP contribution in [-0.4, -0.2) is 728 Å². The van der Waals surface area contributed by atoms with Gasteiger partial charge in [-0.2, -0.15) is 0 Å². The summed E-state index contributed by atoms with van der Waals surface area (Å²) in [4.78, 5) is 0. The molecule has 0 fully saturated rings. The molecule has 0 saturated heterocycles. The number of halogens is 1. The first-order valence-corrected chi connectivity index (χ1v) is 40.3. The van der Waals surface area contributed by atoms with Gasteiger partial charge in [0.1, 0.15) is 0 Å². The van der Waals surface area contributed by atoms with E-state index in [0.29, 0.717) is 0 Å². The highest BCUT2D eigenvalue weighted by molar-refractivity contribution is 14.2. The molecule has 0 nitrogen and oxygen atoms in total. The molecule has 0 rings (SSSR count). The Morgan fingerprint density at radius 1 is 0.151 bits per heavy atom. The van der Waals surface area contributed by atoms with E-state index < -0.39 is 322 Å². The lowest BCUT2D eigenvalue weighted by Gasteiger charge is -2.62. The highest BCUT2D eigenvalue weighted by Gasteiger charge is 2.70. The van der Waals surface area contributed by atoms with E-state index in [1.165, 1.54) is 0 Å². The Bertz CT molecular complexity index is 1930. The minimum atomic E-state index is -5.31. The minimum absolute atomic E-state index is 0.988. The molecule has 0 heterocycles. The molecule has 0 N–H and O–H groups in total. The number of hydrogen-bond acceptors (Lipinski definition) is 1. The molecular weight excluding hydrogens is 1300 g/mol. The van der Waals surface area contributed by atoms with Gasteiger partial charge in [-0.1, -0.05) is 25.5 Å². The fourth-order valence-corrected chi connectivity index (χ4v) is 28.5. The predicted octanol–water partition coefficient (Wildman–Crippen LogP) is -37.5. The van der Waals surface area contributed by atoms with Crippen molar-refractivity contribution in [1.82, 2.24) is 0 Å². The van der Waals surface area contributed by atoms with E-state index in [0.717, 1.165) is 7.06 Å². The molecule has 327 valence electrons. The summed E-state index contributed by atoms with van der Waals surface area (Å²) in [7, 11) is 371. The second kappa shape index (κ2) is 52.1. The molecule has 0 spiro atoms. The van der Waals surface area contributed by atoms with Crippen molar-refractivity contribution in [2.24, 2.45) is 0 Å². The molecule has 0 amide bonds. The molecule has 0 aliphatic carbocycles. The van der Waals surface area contributed by atoms with Crippen molar-refractivity contribution < 1.29 is 0 Å². The van der Waals surface area contributed by atoms with Crippen LogP contribution in [0.25, 0.3) is 0 Å². The summed E-state index contributed by atoms with van der Waals surface area (Å²) in [6, 6.07) is 0. The van der Waals surface area contributed by atoms with Gasteiger partial charge in [-0.3, -0.25) is 0 Å². The largest absolute Gasteiger partial charge is 0.109 e. The van der Waals surface area contributed by atoms with Crippen molar-refractivity contribution in [3.63, 3.8) is 0 Å². The normalized spacial score (nSPS) is 10.5. The molecule has 106 heteroatoms. The molecule has 0 aliphatic rings. The Morgan fingerprint density at radius 3 is 0.330 bits per heavy atom. The minimum Gasteiger partial charge on any atom is -0.109 e. The van der Waals surface area contributed by atoms with Gasteiger partial charge in [-0.25, -0.2) is 0 Å². The molecule has 1 unspecified atom stereocenters. The van der Waals surface area contributed by atoms with Crippen LogP contribution < -0.4 is 0 Å². The molecule has 0 aromatic heterocycles. The maximum Gasteiger partial charge on any atom is 0.0888 e. The summed E-state index contributed by atoms with van der Waals surface area (Å²) < 4.78 is -5.31. The molecule has 0 aromatic carbocycles. The zero-order valence-electron chi connectivity index (χ0n) is 60.7. The third-order valence-corrected chi connectivity index (χ3v) is 30.5. The summed E-state index contributed by atoms with van der Waals surface area (Å²) in [5.74, 6) is 0. The monoisotopic (exact) mass is 1320 g/mol. The summed E-state index contributed by atoms with van der Waals surface area (Å²) in [6.45, 7) is 0. The molecular formula is B103IPS. The number of rotatable bonds is 51. The van der Waals surface area contributed by atoms with Crippen LogP contribution >= 0.6 is 25.5 Å². The fourth-order valence-electron chi connectivity index (χ4n) is 18.5. The Morgan fingerprint density at radius 2 is 0.236 bits per heavy atom. The summed E-state index contributed by atoms with van der Waals surface area (Å²) in [6.07, 6.45) is -92.8. The summed E-state index contributed by atoms with van der Waals surface area (Å²) >= 11 is 10.1. The van der Waals surface area contributed by atoms with Crippen LogP contribution in [0.15, 0.2) is 0 Å². The molecule has 105 radical (unpaired) electrons. The Balaban J connectivity index is 14.7. The SMILES string of the molecule is [B][B]B([B])B(B([B])[B])B(B(B(B([B])[B])B([B])[B])B(B([B])[B])B([B])[B])B(B(B(B([B])[B])B([B])[B])B(B([B])[B])B([B])[B])P(=S)(I)B(B(B(B(B([B])[B])B([B])[B])B(B([B])[B])B([B])[B])B(B(B([B])[B])B([B])[B])B(B([B])[B])B([B])[B])B(B(B(B([B])[B])B([B])[B])B(B([B])[B])B([B])[B])B(B(B([B])[B])B([B])[B])B(B([B])[B])B([B])[B]. The summed E-state index contributed by atoms with van der Waals surface area (Å²) in [5, 5.41) is 0. The zero-order chi connectivity index (χ0) is 84.1. The molecule has 0 saturated carbocycles. The van der Waals surface area contributed by atoms with Crippen LogP contribution in [0, 0.1) is 0 Å². The lowest BCUT2D eigenvalue weighted by molar-refractivity contribution is 3.18. The van der Waals surface area contributed by atoms with Crippen LogP contribution in [0.4, 0.5) is 0 Å². The molecule has 1 atom stereocenters. The average molecular weight is 1300 g/mol. The highest BCUT2D eigenvalue weighted by Crippen LogP contribution is 2.64. The van der Waals surface area contributed by atoms with Gasteiger partial charge >= 0.3 is 0 Å². The van der Waals surface area contributed by atoms with E-state index >= 15 is 0 Å². The highest BCUT2D eigenvalue weighted by atomic mass is 127. The second-order valence-corrected chi connectivity index (χ2v) is 40.5. The van der Waals surface area contributed by atoms with Crippen LogP contribution in [0.3, 0.4) is 0 Å². The second-order valence-electron chi connectivity index (χ2n) is 29.5. The van der Waals surface area contributed by atoms with Crippen molar-refractivity contribution >= 4 is 766 Å². The quantitative estimate of drug-likeness (QED) is 0.0332. The molecule has 0 aromatic rings. The van der Waals surface area contributed by atoms with E-state index in [-0.39, 0.29) is 0 Å². The fraction of sp³-hybridized carbons (Fsp3) is 0. The van der Waals surface area contributed by atoms with Crippen LogP contribution in [0.1, 0.15) is 0 Å². The first-order chi connectivity index (χ1) is 48.1. The Kier molecular flexibility index (Phi) is 56.1. The molecule has 0 bridgehead atoms. The van der Waals surface area contributed by atoms with Gasteiger partial charge in [0.2, 0.25) is 0 Å². The van der Waals surface area contributed by atoms with Crippen LogP contribution in [0.2, 0.25) is 0 Å². The van der Waals surface area contributed by atoms with Gasteiger partial charge in [0.15, 0.2) is 0 Å². The molecule has 106 heavy (non-hydrogen) atoms. The van der Waals surface area contributed by atoms with Gasteiger partial charge in [-0.05, 0) is 0 Å². The van der Waals surface area contributed by atoms with Crippen molar-refractivity contribution in [2.75, 3.05) is 0 Å². The van der Waals surface area contributed by atoms with Crippen molar-refractivity contribution in [3.05, 3.63) is 0 Å². The maximum absolute atomic E-state index is 8.14. The summed E-state index contributed by atoms with van der Waals surface area (Å²) in [5.41, 5.74) is 0. The van der Waals surface area contributed by atoms with Crippen molar-refractivity contribution in [2.45, 2.75) is 0 Å². The first kappa shape index (κ1) is 114. The van der Waals surface area contributed by atoms with Gasteiger partial charge in [0.05, 0.1) is 12.4 Å². The topological polar surface area (TPSA) is 0 Å². The van der Waals surface area contributed by atoms with E-state index in [9.17, 15) is 0 Å². The van der Waals surface area contributed by atoms with Gasteiger partial charge in [0.25, 0.3) is 0 Å². The zero-order valence-corrected chi connectivity index (χ0v) is 64.6. The van der Waals surface area contributed by atoms with E-state index in [1.54, 1.807) is 0 Å². The first-order valence-electron chi connectivity index (χ1n) is 34.5. The van der Waals surface area contributed by atoms with Gasteiger partial charge in [0, 0.05) is 716 Å². The lowest BCUT2D eigenvalue weighted by atomic mass is 8.26. The van der Waals surface area contributed by atoms with E-state index in [1.807, 2.05) is 22.0 Å². The third-order valence-electron chi connectivity index (χ3n) is 22.2. The standard InChI is InChI=1S/B103IPS/c1-53-79(52)92(78(50)51)99(93(80(54(2)3)55(4)5)81(56(6)7)57(8)9)102(98(90(74(42)43)75(44)45)91(76(46)47)77(48)49)105(104,106)103(100(94(82(58(10)11)59(12)13)83(60(14)15)61(16)17)95(84(62(18)19)63(20)21)85(64(22)23)65(24)25)101(96(86(66(26)27)67(28)29)87(68(30)31)69(32)33)97(88(70(34)35)71(36)37)89(72(38)39)73(40)41. The smallest absolute Gasteiger partial charge is 0.0888 e. The number of hydrogen-bond donors (Lipinski definition) is 0. The predicted molar refractivity (Wildman–Crippen MR) is 621 cm³/mol. The maximum atomic E-state index is 8.14. The molecule has 0 aliphatic heterocycles. The van der Waals surface area contributed by atoms with Gasteiger partial charge in [-0.15, -0.1) is 11.8 Å². The van der Waals surface area contributed by atoms with Gasteiger partial charge < -0.3 is 0 Å². The lowest BCUT2D eigenvalue weighted by Crippen LogP contribution is -2.96. The van der Waals surface area contributed by atoms with Crippen LogP contribution in [-0.2, 0) is 11.8 Å². The average Bonchev–Trinajstić information content (AvgIpc) is 0.703. The Labute approximate surface area is 756 Å². The van der Waals surface area contributed by atoms with Crippen LogP contribution in [0.5, 0.6) is 0 Å². The van der Waals surface area contributed by atoms with Crippen molar-refractivity contribution in [1.29, 1.82) is 0 Å². The van der Waals surface area contributed by atoms with E-state index in [4.69, 9.17) is 414 Å². The Hall–Kier alpha value is 8.07. The van der Waals surface area contributed by atoms with E-state index in [2.05, 4.69) is 0 Å². The van der Waals surface area contributed by atoms with Crippen molar-refractivity contribution in [3.8, 4) is 0 Å². The third kappa shape index (κ3) is 30.2.